The first-order valence-electron chi connectivity index (χ1n) is 17.6. The number of ether oxygens (including phenoxy) is 2. The molecule has 49 heavy (non-hydrogen) atoms. The second-order valence-electron chi connectivity index (χ2n) is 14.7. The highest BCUT2D eigenvalue weighted by molar-refractivity contribution is 5.95. The van der Waals surface area contributed by atoms with Crippen molar-refractivity contribution in [3.63, 3.8) is 0 Å². The number of pyridine rings is 1. The minimum Gasteiger partial charge on any atom is -0.381 e. The van der Waals surface area contributed by atoms with E-state index in [4.69, 9.17) is 9.47 Å². The van der Waals surface area contributed by atoms with Crippen molar-refractivity contribution < 1.29 is 23.5 Å². The number of piperazine rings is 1. The van der Waals surface area contributed by atoms with Gasteiger partial charge in [-0.3, -0.25) is 14.6 Å². The van der Waals surface area contributed by atoms with Crippen LogP contribution in [0, 0.1) is 23.1 Å². The molecule has 0 bridgehead atoms. The average Bonchev–Trinajstić information content (AvgIpc) is 3.04. The van der Waals surface area contributed by atoms with Gasteiger partial charge in [-0.2, -0.15) is 0 Å². The molecule has 256 valence electrons. The highest BCUT2D eigenvalue weighted by Crippen LogP contribution is 2.54. The number of nitrogens with one attached hydrogen (secondary N) is 1. The summed E-state index contributed by atoms with van der Waals surface area (Å²) >= 11 is 0. The lowest BCUT2D eigenvalue weighted by molar-refractivity contribution is -0.150. The van der Waals surface area contributed by atoms with Crippen LogP contribution in [0.1, 0.15) is 52.9 Å². The molecule has 8 rings (SSSR count). The molecule has 5 heterocycles. The molecule has 1 aliphatic carbocycles. The van der Waals surface area contributed by atoms with Gasteiger partial charge in [0.2, 0.25) is 5.91 Å². The normalized spacial score (nSPS) is 21.3. The van der Waals surface area contributed by atoms with E-state index in [1.807, 2.05) is 30.0 Å². The van der Waals surface area contributed by atoms with Crippen molar-refractivity contribution in [2.75, 3.05) is 77.1 Å². The number of halogens is 1. The third kappa shape index (κ3) is 6.61. The lowest BCUT2D eigenvalue weighted by Crippen LogP contribution is -2.62. The molecule has 5 fully saturated rings. The minimum atomic E-state index is -0.234. The quantitative estimate of drug-likeness (QED) is 0.359. The largest absolute Gasteiger partial charge is 0.381 e. The summed E-state index contributed by atoms with van der Waals surface area (Å²) in [5.41, 5.74) is 7.54. The summed E-state index contributed by atoms with van der Waals surface area (Å²) in [4.78, 5) is 37.0. The van der Waals surface area contributed by atoms with Crippen LogP contribution in [0.3, 0.4) is 0 Å². The molecule has 2 amide bonds. The van der Waals surface area contributed by atoms with Crippen LogP contribution in [-0.4, -0.2) is 98.8 Å². The Morgan fingerprint density at radius 2 is 1.55 bits per heavy atom. The summed E-state index contributed by atoms with van der Waals surface area (Å²) in [5, 5.41) is 3.15. The van der Waals surface area contributed by atoms with Gasteiger partial charge in [0.25, 0.3) is 5.91 Å². The van der Waals surface area contributed by atoms with Gasteiger partial charge in [0.1, 0.15) is 5.82 Å². The highest BCUT2D eigenvalue weighted by atomic mass is 19.1. The van der Waals surface area contributed by atoms with Crippen molar-refractivity contribution in [3.05, 3.63) is 101 Å². The molecule has 10 heteroatoms. The number of hydrogen-bond donors (Lipinski definition) is 1. The number of likely N-dealkylation sites (tertiary alicyclic amines) is 1. The summed E-state index contributed by atoms with van der Waals surface area (Å²) in [5.74, 6) is 0.447. The number of nitrogens with zero attached hydrogens (tertiary/aromatic N) is 4. The number of allylic oxidation sites excluding steroid dienone is 1. The van der Waals surface area contributed by atoms with Crippen molar-refractivity contribution in [1.82, 2.24) is 20.1 Å². The average molecular weight is 666 g/mol. The van der Waals surface area contributed by atoms with E-state index in [1.165, 1.54) is 11.1 Å². The molecular formula is C39H44FN5O4. The van der Waals surface area contributed by atoms with Crippen LogP contribution in [-0.2, 0) is 14.3 Å². The topological polar surface area (TPSA) is 87.2 Å². The van der Waals surface area contributed by atoms with Gasteiger partial charge in [-0.1, -0.05) is 42.0 Å². The fraction of sp³-hybridized carbons (Fsp3) is 0.462. The van der Waals surface area contributed by atoms with Crippen LogP contribution in [0.4, 0.5) is 10.1 Å². The van der Waals surface area contributed by atoms with Crippen LogP contribution in [0.15, 0.2) is 72.6 Å². The number of aromatic nitrogens is 1. The van der Waals surface area contributed by atoms with Crippen molar-refractivity contribution in [2.24, 2.45) is 17.3 Å². The van der Waals surface area contributed by atoms with Crippen molar-refractivity contribution in [2.45, 2.75) is 25.8 Å². The second-order valence-corrected chi connectivity index (χ2v) is 14.7. The Labute approximate surface area is 287 Å². The molecular weight excluding hydrogens is 621 g/mol. The Kier molecular flexibility index (Phi) is 8.72. The fourth-order valence-electron chi connectivity index (χ4n) is 8.08. The van der Waals surface area contributed by atoms with Crippen molar-refractivity contribution in [1.29, 1.82) is 0 Å². The predicted octanol–water partition coefficient (Wildman–Crippen LogP) is 4.55. The molecule has 0 radical (unpaired) electrons. The lowest BCUT2D eigenvalue weighted by Gasteiger charge is -2.58. The van der Waals surface area contributed by atoms with Crippen LogP contribution in [0.25, 0.3) is 5.57 Å². The number of anilines is 1. The first-order chi connectivity index (χ1) is 23.8. The summed E-state index contributed by atoms with van der Waals surface area (Å²) in [6, 6.07) is 16.9. The van der Waals surface area contributed by atoms with E-state index in [-0.39, 0.29) is 29.6 Å². The number of benzene rings is 2. The molecule has 1 aromatic heterocycles. The zero-order chi connectivity index (χ0) is 33.5. The zero-order valence-electron chi connectivity index (χ0n) is 28.1. The SMILES string of the molecule is C[C@@H](NC(=O)c1cncc(N2CCN(C(=O)C3COC3)CC2)c1)c1ccc(C(=C2CC3(C2)CN(CC2COC2)C3)c2ccc(F)cc2)cc1. The maximum atomic E-state index is 13.9. The van der Waals surface area contributed by atoms with Gasteiger partial charge in [0.15, 0.2) is 0 Å². The predicted molar refractivity (Wildman–Crippen MR) is 185 cm³/mol. The molecule has 4 saturated heterocycles. The first kappa shape index (κ1) is 32.1. The smallest absolute Gasteiger partial charge is 0.253 e. The summed E-state index contributed by atoms with van der Waals surface area (Å²) in [6.45, 7) is 10.9. The van der Waals surface area contributed by atoms with Crippen molar-refractivity contribution >= 4 is 23.1 Å². The number of carbonyl (C=O) groups is 2. The fourth-order valence-corrected chi connectivity index (χ4v) is 8.08. The number of rotatable bonds is 9. The molecule has 3 aromatic rings. The molecule has 1 spiro atoms. The van der Waals surface area contributed by atoms with E-state index in [0.29, 0.717) is 56.3 Å². The molecule has 1 saturated carbocycles. The molecule has 0 unspecified atom stereocenters. The van der Waals surface area contributed by atoms with Gasteiger partial charge in [-0.15, -0.1) is 0 Å². The second kappa shape index (κ2) is 13.3. The maximum absolute atomic E-state index is 13.9. The Morgan fingerprint density at radius 1 is 0.898 bits per heavy atom. The van der Waals surface area contributed by atoms with E-state index in [0.717, 1.165) is 68.1 Å². The molecule has 5 aliphatic rings. The molecule has 9 nitrogen and oxygen atoms in total. The molecule has 1 atom stereocenters. The van der Waals surface area contributed by atoms with Gasteiger partial charge >= 0.3 is 0 Å². The summed E-state index contributed by atoms with van der Waals surface area (Å²) in [7, 11) is 0. The Balaban J connectivity index is 0.907. The number of amides is 2. The third-order valence-corrected chi connectivity index (χ3v) is 11.0. The maximum Gasteiger partial charge on any atom is 0.253 e. The van der Waals surface area contributed by atoms with Gasteiger partial charge < -0.3 is 29.5 Å². The Hall–Kier alpha value is -4.12. The van der Waals surface area contributed by atoms with E-state index in [1.54, 1.807) is 24.5 Å². The van der Waals surface area contributed by atoms with E-state index in [9.17, 15) is 14.0 Å². The third-order valence-electron chi connectivity index (χ3n) is 11.0. The Bertz CT molecular complexity index is 1710. The standard InChI is InChI=1S/C39H44FN5O4/c1-26(42-37(46)31-14-35(18-41-17-31)44-10-12-45(13-11-44)38(47)33-22-49-23-33)28-2-4-29(5-3-28)36(30-6-8-34(40)9-7-30)32-15-39(16-32)24-43(25-39)19-27-20-48-21-27/h2-9,14,17-18,26-27,33H,10-13,15-16,19-25H2,1H3,(H,42,46)/t26-/m1/s1. The van der Waals surface area contributed by atoms with Gasteiger partial charge in [0, 0.05) is 63.3 Å². The molecule has 1 N–H and O–H groups in total. The van der Waals surface area contributed by atoms with Crippen molar-refractivity contribution in [3.8, 4) is 0 Å². The van der Waals surface area contributed by atoms with Gasteiger partial charge in [0.05, 0.1) is 55.8 Å². The summed E-state index contributed by atoms with van der Waals surface area (Å²) < 4.78 is 24.4. The number of hydrogen-bond acceptors (Lipinski definition) is 7. The monoisotopic (exact) mass is 665 g/mol. The highest BCUT2D eigenvalue weighted by Gasteiger charge is 2.51. The van der Waals surface area contributed by atoms with E-state index in [2.05, 4.69) is 44.4 Å². The van der Waals surface area contributed by atoms with E-state index < -0.39 is 0 Å². The van der Waals surface area contributed by atoms with Gasteiger partial charge in [-0.25, -0.2) is 4.39 Å². The molecule has 4 aliphatic heterocycles. The lowest BCUT2D eigenvalue weighted by atomic mass is 9.58. The molecule has 2 aromatic carbocycles. The number of carbonyl (C=O) groups excluding carboxylic acids is 2. The Morgan fingerprint density at radius 3 is 2.16 bits per heavy atom. The van der Waals surface area contributed by atoms with Gasteiger partial charge in [-0.05, 0) is 60.2 Å². The van der Waals surface area contributed by atoms with Crippen LogP contribution in [0.5, 0.6) is 0 Å². The van der Waals surface area contributed by atoms with Crippen LogP contribution < -0.4 is 10.2 Å². The summed E-state index contributed by atoms with van der Waals surface area (Å²) in [6.07, 6.45) is 5.52. The van der Waals surface area contributed by atoms with Crippen LogP contribution in [0.2, 0.25) is 0 Å². The zero-order valence-corrected chi connectivity index (χ0v) is 28.1. The first-order valence-corrected chi connectivity index (χ1v) is 17.6. The minimum absolute atomic E-state index is 0.000882. The van der Waals surface area contributed by atoms with Crippen LogP contribution >= 0.6 is 0 Å². The van der Waals surface area contributed by atoms with E-state index >= 15 is 0 Å².